The number of nitriles is 1. The summed E-state index contributed by atoms with van der Waals surface area (Å²) >= 11 is 1.17. The van der Waals surface area contributed by atoms with Crippen LogP contribution in [0.3, 0.4) is 0 Å². The van der Waals surface area contributed by atoms with Crippen molar-refractivity contribution in [2.75, 3.05) is 25.1 Å². The van der Waals surface area contributed by atoms with E-state index in [1.54, 1.807) is 7.05 Å². The summed E-state index contributed by atoms with van der Waals surface area (Å²) in [6.07, 6.45) is 0. The number of carbonyl (C=O) groups excluding carboxylic acids is 1. The smallest absolute Gasteiger partial charge is 0.263 e. The molecule has 0 aromatic carbocycles. The Hall–Kier alpha value is -1.74. The van der Waals surface area contributed by atoms with Crippen LogP contribution in [0, 0.1) is 11.3 Å². The Labute approximate surface area is 85.5 Å². The monoisotopic (exact) mass is 210 g/mol. The van der Waals surface area contributed by atoms with Gasteiger partial charge in [0.25, 0.3) is 5.91 Å². The fourth-order valence-corrected chi connectivity index (χ4v) is 1.98. The normalized spacial score (nSPS) is 9.21. The summed E-state index contributed by atoms with van der Waals surface area (Å²) in [4.78, 5) is 11.7. The van der Waals surface area contributed by atoms with Gasteiger partial charge in [0.1, 0.15) is 21.5 Å². The van der Waals surface area contributed by atoms with Gasteiger partial charge in [-0.25, -0.2) is 0 Å². The second kappa shape index (κ2) is 3.98. The van der Waals surface area contributed by atoms with Crippen LogP contribution >= 0.6 is 11.3 Å². The SMILES string of the molecule is CNC(=O)c1sc(NC)c(C#N)c1N. The first-order chi connectivity index (χ1) is 6.65. The van der Waals surface area contributed by atoms with Crippen molar-refractivity contribution >= 4 is 27.9 Å². The summed E-state index contributed by atoms with van der Waals surface area (Å²) < 4.78 is 0. The molecule has 0 saturated carbocycles. The average Bonchev–Trinajstić information content (AvgIpc) is 2.53. The standard InChI is InChI=1S/C8H10N4OS/c1-11-7(13)6-5(10)4(3-9)8(12-2)14-6/h12H,10H2,1-2H3,(H,11,13). The topological polar surface area (TPSA) is 90.9 Å². The summed E-state index contributed by atoms with van der Waals surface area (Å²) in [7, 11) is 3.20. The Bertz CT molecular complexity index is 404. The number of amides is 1. The van der Waals surface area contributed by atoms with E-state index in [4.69, 9.17) is 11.0 Å². The van der Waals surface area contributed by atoms with E-state index in [1.165, 1.54) is 18.4 Å². The number of nitrogens with two attached hydrogens (primary N) is 1. The van der Waals surface area contributed by atoms with Gasteiger partial charge >= 0.3 is 0 Å². The fourth-order valence-electron chi connectivity index (χ4n) is 1.01. The van der Waals surface area contributed by atoms with Crippen molar-refractivity contribution in [2.24, 2.45) is 0 Å². The number of thiophene rings is 1. The lowest BCUT2D eigenvalue weighted by Crippen LogP contribution is -2.17. The largest absolute Gasteiger partial charge is 0.396 e. The van der Waals surface area contributed by atoms with Gasteiger partial charge in [-0.2, -0.15) is 5.26 Å². The zero-order chi connectivity index (χ0) is 10.7. The lowest BCUT2D eigenvalue weighted by molar-refractivity contribution is 0.0968. The maximum atomic E-state index is 11.3. The quantitative estimate of drug-likeness (QED) is 0.666. The molecule has 4 N–H and O–H groups in total. The summed E-state index contributed by atoms with van der Waals surface area (Å²) in [6, 6.07) is 1.96. The van der Waals surface area contributed by atoms with Gasteiger partial charge < -0.3 is 16.4 Å². The average molecular weight is 210 g/mol. The minimum Gasteiger partial charge on any atom is -0.396 e. The zero-order valence-corrected chi connectivity index (χ0v) is 8.66. The van der Waals surface area contributed by atoms with E-state index >= 15 is 0 Å². The van der Waals surface area contributed by atoms with Crippen LogP contribution in [0.2, 0.25) is 0 Å². The van der Waals surface area contributed by atoms with Gasteiger partial charge in [0.05, 0.1) is 5.69 Å². The number of anilines is 2. The highest BCUT2D eigenvalue weighted by atomic mass is 32.1. The molecule has 0 saturated heterocycles. The maximum absolute atomic E-state index is 11.3. The molecule has 1 amide bonds. The summed E-state index contributed by atoms with van der Waals surface area (Å²) in [5.74, 6) is -0.273. The number of carbonyl (C=O) groups is 1. The second-order valence-electron chi connectivity index (χ2n) is 2.49. The van der Waals surface area contributed by atoms with Crippen molar-refractivity contribution in [1.82, 2.24) is 5.32 Å². The second-order valence-corrected chi connectivity index (χ2v) is 3.51. The van der Waals surface area contributed by atoms with Crippen molar-refractivity contribution < 1.29 is 4.79 Å². The predicted molar refractivity (Wildman–Crippen MR) is 56.4 cm³/mol. The van der Waals surface area contributed by atoms with Crippen molar-refractivity contribution in [3.63, 3.8) is 0 Å². The lowest BCUT2D eigenvalue weighted by atomic mass is 10.2. The van der Waals surface area contributed by atoms with E-state index in [2.05, 4.69) is 10.6 Å². The Morgan fingerprint density at radius 1 is 1.57 bits per heavy atom. The first kappa shape index (κ1) is 10.3. The van der Waals surface area contributed by atoms with Crippen LogP contribution in [-0.2, 0) is 0 Å². The fraction of sp³-hybridized carbons (Fsp3) is 0.250. The summed E-state index contributed by atoms with van der Waals surface area (Å²) in [6.45, 7) is 0. The third-order valence-electron chi connectivity index (χ3n) is 1.72. The van der Waals surface area contributed by atoms with E-state index in [9.17, 15) is 4.79 Å². The van der Waals surface area contributed by atoms with Crippen LogP contribution in [0.1, 0.15) is 15.2 Å². The number of nitrogens with one attached hydrogen (secondary N) is 2. The Morgan fingerprint density at radius 3 is 2.57 bits per heavy atom. The molecule has 0 atom stereocenters. The summed E-state index contributed by atoms with van der Waals surface area (Å²) in [5.41, 5.74) is 6.22. The molecule has 1 rings (SSSR count). The highest BCUT2D eigenvalue weighted by molar-refractivity contribution is 7.18. The van der Waals surface area contributed by atoms with Gasteiger partial charge in [-0.05, 0) is 0 Å². The minimum atomic E-state index is -0.273. The number of hydrogen-bond acceptors (Lipinski definition) is 5. The molecule has 1 aromatic rings. The predicted octanol–water partition coefficient (Wildman–Crippen LogP) is 0.603. The van der Waals surface area contributed by atoms with Gasteiger partial charge in [0.2, 0.25) is 0 Å². The number of nitrogen functional groups attached to an aromatic ring is 1. The van der Waals surface area contributed by atoms with E-state index in [-0.39, 0.29) is 11.6 Å². The van der Waals surface area contributed by atoms with Gasteiger partial charge in [-0.1, -0.05) is 0 Å². The molecule has 5 nitrogen and oxygen atoms in total. The first-order valence-electron chi connectivity index (χ1n) is 3.87. The highest BCUT2D eigenvalue weighted by Gasteiger charge is 2.19. The molecule has 0 spiro atoms. The summed E-state index contributed by atoms with van der Waals surface area (Å²) in [5, 5.41) is 14.7. The minimum absolute atomic E-state index is 0.237. The first-order valence-corrected chi connectivity index (χ1v) is 4.69. The van der Waals surface area contributed by atoms with E-state index in [1.807, 2.05) is 6.07 Å². The van der Waals surface area contributed by atoms with E-state index in [0.717, 1.165) is 0 Å². The van der Waals surface area contributed by atoms with Crippen molar-refractivity contribution in [2.45, 2.75) is 0 Å². The van der Waals surface area contributed by atoms with E-state index in [0.29, 0.717) is 15.4 Å². The van der Waals surface area contributed by atoms with Crippen molar-refractivity contribution in [3.8, 4) is 6.07 Å². The molecule has 0 radical (unpaired) electrons. The molecule has 0 aliphatic heterocycles. The number of nitrogens with zero attached hydrogens (tertiary/aromatic N) is 1. The van der Waals surface area contributed by atoms with Crippen LogP contribution in [0.5, 0.6) is 0 Å². The van der Waals surface area contributed by atoms with Gasteiger partial charge in [0.15, 0.2) is 0 Å². The molecular weight excluding hydrogens is 200 g/mol. The van der Waals surface area contributed by atoms with E-state index < -0.39 is 0 Å². The maximum Gasteiger partial charge on any atom is 0.263 e. The molecule has 14 heavy (non-hydrogen) atoms. The molecule has 6 heteroatoms. The lowest BCUT2D eigenvalue weighted by Gasteiger charge is -1.95. The van der Waals surface area contributed by atoms with Gasteiger partial charge in [-0.15, -0.1) is 11.3 Å². The van der Waals surface area contributed by atoms with Crippen LogP contribution in [0.25, 0.3) is 0 Å². The molecule has 1 heterocycles. The molecule has 0 aliphatic carbocycles. The number of rotatable bonds is 2. The Kier molecular flexibility index (Phi) is 2.94. The number of hydrogen-bond donors (Lipinski definition) is 3. The van der Waals surface area contributed by atoms with Crippen LogP contribution < -0.4 is 16.4 Å². The highest BCUT2D eigenvalue weighted by Crippen LogP contribution is 2.34. The van der Waals surface area contributed by atoms with Crippen LogP contribution in [0.15, 0.2) is 0 Å². The van der Waals surface area contributed by atoms with Gasteiger partial charge in [0, 0.05) is 14.1 Å². The molecular formula is C8H10N4OS. The van der Waals surface area contributed by atoms with Crippen molar-refractivity contribution in [3.05, 3.63) is 10.4 Å². The Balaban J connectivity index is 3.29. The molecule has 1 aromatic heterocycles. The third kappa shape index (κ3) is 1.49. The molecule has 0 unspecified atom stereocenters. The molecule has 0 fully saturated rings. The molecule has 74 valence electrons. The van der Waals surface area contributed by atoms with Crippen LogP contribution in [-0.4, -0.2) is 20.0 Å². The zero-order valence-electron chi connectivity index (χ0n) is 7.84. The van der Waals surface area contributed by atoms with Crippen molar-refractivity contribution in [1.29, 1.82) is 5.26 Å². The third-order valence-corrected chi connectivity index (χ3v) is 2.94. The molecule has 0 bridgehead atoms. The van der Waals surface area contributed by atoms with Crippen LogP contribution in [0.4, 0.5) is 10.7 Å². The Morgan fingerprint density at radius 2 is 2.21 bits per heavy atom. The van der Waals surface area contributed by atoms with Gasteiger partial charge in [-0.3, -0.25) is 4.79 Å². The molecule has 0 aliphatic rings.